The van der Waals surface area contributed by atoms with Crippen LogP contribution >= 0.6 is 0 Å². The molecule has 0 saturated carbocycles. The molecule has 0 aromatic carbocycles. The topological polar surface area (TPSA) is 39.7 Å². The lowest BCUT2D eigenvalue weighted by Crippen LogP contribution is -2.16. The fourth-order valence-electron chi connectivity index (χ4n) is 1.35. The first kappa shape index (κ1) is 16.8. The average molecular weight is 247 g/mol. The Morgan fingerprint density at radius 1 is 0.706 bits per heavy atom. The number of likely N-dealkylation sites (N-methyl/N-ethyl adjacent to an activating group) is 1. The highest BCUT2D eigenvalue weighted by molar-refractivity contribution is 4.40. The summed E-state index contributed by atoms with van der Waals surface area (Å²) in [5.74, 6) is 0. The molecule has 0 aliphatic rings. The molecule has 0 radical (unpaired) electrons. The molecule has 0 aliphatic carbocycles. The normalized spacial score (nSPS) is 10.9. The number of ether oxygens (including phenoxy) is 3. The highest BCUT2D eigenvalue weighted by Gasteiger charge is 1.92. The van der Waals surface area contributed by atoms with E-state index in [1.54, 1.807) is 0 Å². The predicted molar refractivity (Wildman–Crippen MR) is 70.5 cm³/mol. The smallest absolute Gasteiger partial charge is 0.0701 e. The first-order valence-corrected chi connectivity index (χ1v) is 6.79. The van der Waals surface area contributed by atoms with Crippen LogP contribution < -0.4 is 5.32 Å². The van der Waals surface area contributed by atoms with Gasteiger partial charge < -0.3 is 19.5 Å². The van der Waals surface area contributed by atoms with Crippen LogP contribution in [-0.4, -0.2) is 53.2 Å². The molecular weight excluding hydrogens is 218 g/mol. The largest absolute Gasteiger partial charge is 0.379 e. The van der Waals surface area contributed by atoms with Crippen LogP contribution in [0.1, 0.15) is 32.6 Å². The Bertz CT molecular complexity index is 120. The number of nitrogens with one attached hydrogen (secondary N) is 1. The second-order valence-electron chi connectivity index (χ2n) is 4.00. The summed E-state index contributed by atoms with van der Waals surface area (Å²) >= 11 is 0. The first-order chi connectivity index (χ1) is 8.41. The molecule has 0 unspecified atom stereocenters. The standard InChI is InChI=1S/C13H29NO3/c1-3-4-5-6-8-15-10-12-17-13-11-16-9-7-14-2/h14H,3-13H2,1-2H3. The molecule has 0 heterocycles. The van der Waals surface area contributed by atoms with Gasteiger partial charge in [0.25, 0.3) is 0 Å². The fourth-order valence-corrected chi connectivity index (χ4v) is 1.35. The van der Waals surface area contributed by atoms with Gasteiger partial charge in [-0.1, -0.05) is 26.2 Å². The minimum atomic E-state index is 0.656. The Kier molecular flexibility index (Phi) is 15.7. The second-order valence-corrected chi connectivity index (χ2v) is 4.00. The van der Waals surface area contributed by atoms with Crippen LogP contribution in [0.25, 0.3) is 0 Å². The monoisotopic (exact) mass is 247 g/mol. The maximum absolute atomic E-state index is 5.45. The third-order valence-electron chi connectivity index (χ3n) is 2.38. The van der Waals surface area contributed by atoms with E-state index in [-0.39, 0.29) is 0 Å². The van der Waals surface area contributed by atoms with E-state index in [2.05, 4.69) is 12.2 Å². The van der Waals surface area contributed by atoms with Crippen molar-refractivity contribution in [2.45, 2.75) is 32.6 Å². The van der Waals surface area contributed by atoms with Crippen molar-refractivity contribution in [1.82, 2.24) is 5.32 Å². The van der Waals surface area contributed by atoms with E-state index in [0.717, 1.165) is 19.8 Å². The number of unbranched alkanes of at least 4 members (excludes halogenated alkanes) is 3. The molecule has 0 aromatic rings. The summed E-state index contributed by atoms with van der Waals surface area (Å²) in [4.78, 5) is 0. The summed E-state index contributed by atoms with van der Waals surface area (Å²) in [6.07, 6.45) is 5.03. The first-order valence-electron chi connectivity index (χ1n) is 6.79. The van der Waals surface area contributed by atoms with Gasteiger partial charge in [0.2, 0.25) is 0 Å². The molecule has 0 rings (SSSR count). The summed E-state index contributed by atoms with van der Waals surface area (Å²) in [6.45, 7) is 7.40. The molecule has 0 aromatic heterocycles. The van der Waals surface area contributed by atoms with Crippen molar-refractivity contribution in [2.24, 2.45) is 0 Å². The number of hydrogen-bond donors (Lipinski definition) is 1. The van der Waals surface area contributed by atoms with Crippen LogP contribution in [0.3, 0.4) is 0 Å². The van der Waals surface area contributed by atoms with E-state index in [0.29, 0.717) is 26.4 Å². The molecule has 0 bridgehead atoms. The molecule has 0 amide bonds. The van der Waals surface area contributed by atoms with Crippen LogP contribution in [0, 0.1) is 0 Å². The van der Waals surface area contributed by atoms with E-state index in [1.807, 2.05) is 7.05 Å². The minimum absolute atomic E-state index is 0.656. The van der Waals surface area contributed by atoms with Gasteiger partial charge in [-0.25, -0.2) is 0 Å². The predicted octanol–water partition coefficient (Wildman–Crippen LogP) is 1.84. The molecule has 1 N–H and O–H groups in total. The van der Waals surface area contributed by atoms with Gasteiger partial charge in [0.05, 0.1) is 33.0 Å². The van der Waals surface area contributed by atoms with Gasteiger partial charge >= 0.3 is 0 Å². The molecule has 104 valence electrons. The fraction of sp³-hybridized carbons (Fsp3) is 1.00. The highest BCUT2D eigenvalue weighted by Crippen LogP contribution is 1.98. The zero-order valence-electron chi connectivity index (χ0n) is 11.5. The van der Waals surface area contributed by atoms with Crippen molar-refractivity contribution in [3.8, 4) is 0 Å². The Labute approximate surface area is 106 Å². The summed E-state index contributed by atoms with van der Waals surface area (Å²) in [5, 5.41) is 3.02. The molecular formula is C13H29NO3. The van der Waals surface area contributed by atoms with E-state index in [4.69, 9.17) is 14.2 Å². The van der Waals surface area contributed by atoms with Gasteiger partial charge in [0, 0.05) is 13.2 Å². The SMILES string of the molecule is CCCCCCOCCOCCOCCNC. The molecule has 0 saturated heterocycles. The van der Waals surface area contributed by atoms with Crippen molar-refractivity contribution in [3.05, 3.63) is 0 Å². The molecule has 0 aliphatic heterocycles. The van der Waals surface area contributed by atoms with Crippen LogP contribution in [0.15, 0.2) is 0 Å². The summed E-state index contributed by atoms with van der Waals surface area (Å²) in [6, 6.07) is 0. The van der Waals surface area contributed by atoms with Gasteiger partial charge in [-0.2, -0.15) is 0 Å². The maximum Gasteiger partial charge on any atom is 0.0701 e. The van der Waals surface area contributed by atoms with E-state index in [1.165, 1.54) is 25.7 Å². The van der Waals surface area contributed by atoms with Crippen LogP contribution in [0.2, 0.25) is 0 Å². The van der Waals surface area contributed by atoms with Gasteiger partial charge in [-0.15, -0.1) is 0 Å². The third kappa shape index (κ3) is 15.8. The Hall–Kier alpha value is -0.160. The quantitative estimate of drug-likeness (QED) is 0.475. The highest BCUT2D eigenvalue weighted by atomic mass is 16.5. The minimum Gasteiger partial charge on any atom is -0.379 e. The maximum atomic E-state index is 5.45. The molecule has 4 nitrogen and oxygen atoms in total. The lowest BCUT2D eigenvalue weighted by atomic mass is 10.2. The van der Waals surface area contributed by atoms with Crippen molar-refractivity contribution in [3.63, 3.8) is 0 Å². The number of hydrogen-bond acceptors (Lipinski definition) is 4. The van der Waals surface area contributed by atoms with Gasteiger partial charge in [-0.3, -0.25) is 0 Å². The van der Waals surface area contributed by atoms with E-state index < -0.39 is 0 Å². The number of rotatable bonds is 14. The van der Waals surface area contributed by atoms with Crippen molar-refractivity contribution in [1.29, 1.82) is 0 Å². The summed E-state index contributed by atoms with van der Waals surface area (Å²) < 4.78 is 16.1. The van der Waals surface area contributed by atoms with E-state index in [9.17, 15) is 0 Å². The zero-order valence-corrected chi connectivity index (χ0v) is 11.5. The Morgan fingerprint density at radius 3 is 1.88 bits per heavy atom. The molecule has 17 heavy (non-hydrogen) atoms. The van der Waals surface area contributed by atoms with Crippen LogP contribution in [0.4, 0.5) is 0 Å². The Morgan fingerprint density at radius 2 is 1.29 bits per heavy atom. The van der Waals surface area contributed by atoms with Crippen molar-refractivity contribution in [2.75, 3.05) is 53.2 Å². The molecule has 0 fully saturated rings. The van der Waals surface area contributed by atoms with Crippen LogP contribution in [-0.2, 0) is 14.2 Å². The molecule has 4 heteroatoms. The Balaban J connectivity index is 2.85. The zero-order chi connectivity index (χ0) is 12.6. The lowest BCUT2D eigenvalue weighted by Gasteiger charge is -2.06. The summed E-state index contributed by atoms with van der Waals surface area (Å²) in [7, 11) is 1.91. The third-order valence-corrected chi connectivity index (χ3v) is 2.38. The van der Waals surface area contributed by atoms with Crippen molar-refractivity contribution >= 4 is 0 Å². The van der Waals surface area contributed by atoms with Gasteiger partial charge in [0.15, 0.2) is 0 Å². The average Bonchev–Trinajstić information content (AvgIpc) is 2.35. The van der Waals surface area contributed by atoms with Gasteiger partial charge in [-0.05, 0) is 13.5 Å². The molecule has 0 spiro atoms. The van der Waals surface area contributed by atoms with Gasteiger partial charge in [0.1, 0.15) is 0 Å². The second kappa shape index (κ2) is 15.8. The van der Waals surface area contributed by atoms with Crippen molar-refractivity contribution < 1.29 is 14.2 Å². The van der Waals surface area contributed by atoms with Crippen LogP contribution in [0.5, 0.6) is 0 Å². The lowest BCUT2D eigenvalue weighted by molar-refractivity contribution is 0.0146. The summed E-state index contributed by atoms with van der Waals surface area (Å²) in [5.41, 5.74) is 0. The molecule has 0 atom stereocenters. The van der Waals surface area contributed by atoms with E-state index >= 15 is 0 Å².